The second kappa shape index (κ2) is 9.28. The van der Waals surface area contributed by atoms with Gasteiger partial charge in [0.1, 0.15) is 5.75 Å². The third-order valence-corrected chi connectivity index (χ3v) is 5.41. The lowest BCUT2D eigenvalue weighted by atomic mass is 10.2. The summed E-state index contributed by atoms with van der Waals surface area (Å²) in [6.45, 7) is 0.685. The fourth-order valence-corrected chi connectivity index (χ4v) is 3.79. The summed E-state index contributed by atoms with van der Waals surface area (Å²) in [6, 6.07) is 24.7. The molecule has 1 amide bonds. The summed E-state index contributed by atoms with van der Waals surface area (Å²) in [5, 5.41) is 14.1. The molecule has 0 aliphatic carbocycles. The monoisotopic (exact) mass is 416 g/mol. The van der Waals surface area contributed by atoms with E-state index in [-0.39, 0.29) is 17.4 Å². The minimum absolute atomic E-state index is 0.186. The van der Waals surface area contributed by atoms with E-state index in [0.29, 0.717) is 6.54 Å². The number of thioether (sulfide) groups is 1. The van der Waals surface area contributed by atoms with Crippen molar-refractivity contribution in [2.45, 2.75) is 11.7 Å². The largest absolute Gasteiger partial charge is 0.508 e. The molecule has 0 atom stereocenters. The minimum atomic E-state index is -0.214. The van der Waals surface area contributed by atoms with Crippen molar-refractivity contribution in [1.82, 2.24) is 15.0 Å². The predicted molar refractivity (Wildman–Crippen MR) is 120 cm³/mol. The van der Waals surface area contributed by atoms with Gasteiger partial charge in [0.15, 0.2) is 5.16 Å². The minimum Gasteiger partial charge on any atom is -0.508 e. The summed E-state index contributed by atoms with van der Waals surface area (Å²) in [6.07, 6.45) is 1.53. The highest BCUT2D eigenvalue weighted by Crippen LogP contribution is 2.25. The fraction of sp³-hybridized carbons (Fsp3) is 0.0870. The molecule has 4 rings (SSSR count). The lowest BCUT2D eigenvalue weighted by Gasteiger charge is -2.09. The van der Waals surface area contributed by atoms with Crippen molar-refractivity contribution in [3.05, 3.63) is 90.0 Å². The van der Waals surface area contributed by atoms with E-state index in [1.54, 1.807) is 24.3 Å². The number of para-hydroxylation sites is 2. The number of nitrogens with zero attached hydrogens (tertiary/aromatic N) is 3. The molecule has 6 nitrogen and oxygen atoms in total. The molecule has 150 valence electrons. The van der Waals surface area contributed by atoms with Crippen LogP contribution < -0.4 is 5.43 Å². The number of hydrogen-bond donors (Lipinski definition) is 2. The van der Waals surface area contributed by atoms with Crippen molar-refractivity contribution in [3.8, 4) is 5.75 Å². The molecular weight excluding hydrogens is 396 g/mol. The Morgan fingerprint density at radius 3 is 2.57 bits per heavy atom. The zero-order valence-electron chi connectivity index (χ0n) is 16.1. The Morgan fingerprint density at radius 1 is 1.03 bits per heavy atom. The smallest absolute Gasteiger partial charge is 0.250 e. The normalized spacial score (nSPS) is 11.2. The van der Waals surface area contributed by atoms with Gasteiger partial charge < -0.3 is 9.67 Å². The average Bonchev–Trinajstić information content (AvgIpc) is 3.12. The summed E-state index contributed by atoms with van der Waals surface area (Å²) in [5.41, 5.74) is 6.42. The fourth-order valence-electron chi connectivity index (χ4n) is 2.98. The number of rotatable bonds is 7. The zero-order chi connectivity index (χ0) is 20.8. The van der Waals surface area contributed by atoms with Gasteiger partial charge in [0.25, 0.3) is 5.91 Å². The molecule has 1 heterocycles. The van der Waals surface area contributed by atoms with Crippen LogP contribution in [-0.2, 0) is 11.3 Å². The van der Waals surface area contributed by atoms with Gasteiger partial charge in [-0.05, 0) is 47.5 Å². The van der Waals surface area contributed by atoms with E-state index in [4.69, 9.17) is 4.98 Å². The van der Waals surface area contributed by atoms with Gasteiger partial charge in [-0.3, -0.25) is 4.79 Å². The van der Waals surface area contributed by atoms with Crippen LogP contribution >= 0.6 is 11.8 Å². The Kier molecular flexibility index (Phi) is 6.10. The van der Waals surface area contributed by atoms with Crippen LogP contribution in [0.3, 0.4) is 0 Å². The van der Waals surface area contributed by atoms with Crippen molar-refractivity contribution in [2.75, 3.05) is 5.75 Å². The molecule has 0 radical (unpaired) electrons. The molecule has 1 aromatic heterocycles. The molecule has 0 saturated heterocycles. The lowest BCUT2D eigenvalue weighted by Crippen LogP contribution is -2.20. The molecule has 30 heavy (non-hydrogen) atoms. The predicted octanol–water partition coefficient (Wildman–Crippen LogP) is 4.03. The van der Waals surface area contributed by atoms with E-state index in [9.17, 15) is 9.90 Å². The number of benzene rings is 3. The Bertz CT molecular complexity index is 1170. The van der Waals surface area contributed by atoms with Gasteiger partial charge in [0, 0.05) is 0 Å². The van der Waals surface area contributed by atoms with Gasteiger partial charge in [-0.2, -0.15) is 5.10 Å². The van der Waals surface area contributed by atoms with Crippen LogP contribution in [0.25, 0.3) is 11.0 Å². The first-order valence-electron chi connectivity index (χ1n) is 9.42. The van der Waals surface area contributed by atoms with Crippen molar-refractivity contribution in [3.63, 3.8) is 0 Å². The number of carbonyl (C=O) groups is 1. The molecule has 0 bridgehead atoms. The molecule has 0 unspecified atom stereocenters. The zero-order valence-corrected chi connectivity index (χ0v) is 16.9. The maximum Gasteiger partial charge on any atom is 0.250 e. The number of phenolic OH excluding ortho intramolecular Hbond substituents is 1. The number of aromatic nitrogens is 2. The van der Waals surface area contributed by atoms with Gasteiger partial charge in [-0.15, -0.1) is 0 Å². The van der Waals surface area contributed by atoms with E-state index >= 15 is 0 Å². The van der Waals surface area contributed by atoms with Crippen LogP contribution in [-0.4, -0.2) is 32.5 Å². The molecule has 2 N–H and O–H groups in total. The highest BCUT2D eigenvalue weighted by Gasteiger charge is 2.13. The van der Waals surface area contributed by atoms with Crippen LogP contribution in [0.1, 0.15) is 11.1 Å². The second-order valence-corrected chi connectivity index (χ2v) is 7.57. The number of hydrazone groups is 1. The molecule has 0 aliphatic rings. The van der Waals surface area contributed by atoms with Crippen molar-refractivity contribution in [2.24, 2.45) is 5.10 Å². The topological polar surface area (TPSA) is 79.5 Å². The van der Waals surface area contributed by atoms with Gasteiger partial charge in [-0.25, -0.2) is 10.4 Å². The summed E-state index contributed by atoms with van der Waals surface area (Å²) in [7, 11) is 0. The molecule has 7 heteroatoms. The number of aromatic hydroxyl groups is 1. The molecule has 0 aliphatic heterocycles. The molecule has 0 saturated carbocycles. The number of imidazole rings is 1. The number of carbonyl (C=O) groups excluding carboxylic acids is 1. The van der Waals surface area contributed by atoms with E-state index in [1.807, 2.05) is 42.5 Å². The Hall–Kier alpha value is -3.58. The molecule has 0 spiro atoms. The standard InChI is InChI=1S/C23H20N4O2S/c28-19-12-10-17(11-13-19)14-24-26-22(29)16-30-23-25-20-8-4-5-9-21(20)27(23)15-18-6-2-1-3-7-18/h1-14,28H,15-16H2,(H,26,29)/b24-14-. The Morgan fingerprint density at radius 2 is 1.77 bits per heavy atom. The highest BCUT2D eigenvalue weighted by molar-refractivity contribution is 7.99. The van der Waals surface area contributed by atoms with Crippen LogP contribution in [0, 0.1) is 0 Å². The van der Waals surface area contributed by atoms with E-state index in [1.165, 1.54) is 23.5 Å². The summed E-state index contributed by atoms with van der Waals surface area (Å²) in [5.74, 6) is 0.171. The van der Waals surface area contributed by atoms with Crippen LogP contribution in [0.5, 0.6) is 5.75 Å². The van der Waals surface area contributed by atoms with Crippen LogP contribution in [0.15, 0.2) is 89.1 Å². The highest BCUT2D eigenvalue weighted by atomic mass is 32.2. The SMILES string of the molecule is O=C(CSc1nc2ccccc2n1Cc1ccccc1)N/N=C\c1ccc(O)cc1. The molecule has 0 fully saturated rings. The number of nitrogens with one attached hydrogen (secondary N) is 1. The quantitative estimate of drug-likeness (QED) is 0.271. The second-order valence-electron chi connectivity index (χ2n) is 6.63. The molecular formula is C23H20N4O2S. The molecule has 4 aromatic rings. The molecule has 3 aromatic carbocycles. The third-order valence-electron chi connectivity index (χ3n) is 4.43. The van der Waals surface area contributed by atoms with Gasteiger partial charge in [-0.1, -0.05) is 54.2 Å². The van der Waals surface area contributed by atoms with Crippen LogP contribution in [0.4, 0.5) is 0 Å². The first-order valence-corrected chi connectivity index (χ1v) is 10.4. The average molecular weight is 417 g/mol. The Balaban J connectivity index is 1.43. The maximum absolute atomic E-state index is 12.2. The third kappa shape index (κ3) is 4.87. The number of fused-ring (bicyclic) bond motifs is 1. The first-order chi connectivity index (χ1) is 14.7. The van der Waals surface area contributed by atoms with E-state index < -0.39 is 0 Å². The first kappa shape index (κ1) is 19.7. The van der Waals surface area contributed by atoms with Gasteiger partial charge in [0.2, 0.25) is 0 Å². The van der Waals surface area contributed by atoms with Crippen LogP contribution in [0.2, 0.25) is 0 Å². The summed E-state index contributed by atoms with van der Waals surface area (Å²) >= 11 is 1.38. The van der Waals surface area contributed by atoms with E-state index in [0.717, 1.165) is 21.8 Å². The summed E-state index contributed by atoms with van der Waals surface area (Å²) in [4.78, 5) is 16.9. The van der Waals surface area contributed by atoms with Crippen molar-refractivity contribution in [1.29, 1.82) is 0 Å². The van der Waals surface area contributed by atoms with Gasteiger partial charge >= 0.3 is 0 Å². The van der Waals surface area contributed by atoms with Crippen molar-refractivity contribution < 1.29 is 9.90 Å². The van der Waals surface area contributed by atoms with Gasteiger partial charge in [0.05, 0.1) is 29.5 Å². The number of hydrogen-bond acceptors (Lipinski definition) is 5. The Labute approximate surface area is 178 Å². The van der Waals surface area contributed by atoms with E-state index in [2.05, 4.69) is 27.2 Å². The maximum atomic E-state index is 12.2. The lowest BCUT2D eigenvalue weighted by molar-refractivity contribution is -0.118. The van der Waals surface area contributed by atoms with Crippen molar-refractivity contribution >= 4 is 34.9 Å². The number of phenols is 1. The summed E-state index contributed by atoms with van der Waals surface area (Å²) < 4.78 is 2.13. The number of amides is 1.